The van der Waals surface area contributed by atoms with Crippen LogP contribution in [0.15, 0.2) is 69.9 Å². The normalized spacial score (nSPS) is 10.3. The first-order valence-electron chi connectivity index (χ1n) is 6.89. The molecule has 0 bridgehead atoms. The van der Waals surface area contributed by atoms with Crippen LogP contribution in [0.2, 0.25) is 0 Å². The molecule has 127 valence electrons. The number of benzene rings is 1. The Balaban J connectivity index is 0.000000312. The second-order valence-corrected chi connectivity index (χ2v) is 4.72. The second kappa shape index (κ2) is 9.65. The minimum atomic E-state index is -0.125. The van der Waals surface area contributed by atoms with Gasteiger partial charge in [-0.15, -0.1) is 11.6 Å². The van der Waals surface area contributed by atoms with E-state index in [2.05, 4.69) is 11.1 Å². The molecule has 0 unspecified atom stereocenters. The Morgan fingerprint density at radius 3 is 2.46 bits per heavy atom. The van der Waals surface area contributed by atoms with Crippen molar-refractivity contribution in [1.29, 1.82) is 0 Å². The van der Waals surface area contributed by atoms with Crippen molar-refractivity contribution in [2.45, 2.75) is 13.8 Å². The number of ketones is 1. The van der Waals surface area contributed by atoms with E-state index in [1.807, 2.05) is 30.3 Å². The molecule has 24 heavy (non-hydrogen) atoms. The fraction of sp³-hybridized carbons (Fsp3) is 0.111. The number of furan rings is 1. The van der Waals surface area contributed by atoms with Gasteiger partial charge in [-0.25, -0.2) is 0 Å². The molecule has 0 amide bonds. The van der Waals surface area contributed by atoms with Gasteiger partial charge in [0.25, 0.3) is 0 Å². The van der Waals surface area contributed by atoms with Crippen molar-refractivity contribution >= 4 is 5.78 Å². The third-order valence-electron chi connectivity index (χ3n) is 2.74. The zero-order valence-electron chi connectivity index (χ0n) is 13.1. The smallest absolute Gasteiger partial charge is 0.167 e. The number of carbonyl (C=O) groups excluding carboxylic acids is 1. The number of allylic oxidation sites excluding steroid dienone is 2. The summed E-state index contributed by atoms with van der Waals surface area (Å²) >= 11 is 0. The fourth-order valence-electron chi connectivity index (χ4n) is 1.89. The van der Waals surface area contributed by atoms with E-state index in [-0.39, 0.29) is 31.6 Å². The van der Waals surface area contributed by atoms with Gasteiger partial charge in [0.05, 0.1) is 12.0 Å². The first-order valence-corrected chi connectivity index (χ1v) is 6.89. The molecule has 6 heteroatoms. The third-order valence-corrected chi connectivity index (χ3v) is 2.74. The molecule has 0 aliphatic rings. The van der Waals surface area contributed by atoms with Gasteiger partial charge in [-0.2, -0.15) is 0 Å². The van der Waals surface area contributed by atoms with Crippen molar-refractivity contribution < 1.29 is 38.8 Å². The van der Waals surface area contributed by atoms with Crippen LogP contribution in [0, 0.1) is 6.07 Å². The molecular formula is C18H16IrNO4-. The number of hydrogen-bond donors (Lipinski definition) is 1. The summed E-state index contributed by atoms with van der Waals surface area (Å²) in [4.78, 5) is 14.1. The van der Waals surface area contributed by atoms with Gasteiger partial charge in [0.1, 0.15) is 0 Å². The van der Waals surface area contributed by atoms with Gasteiger partial charge < -0.3 is 13.9 Å². The van der Waals surface area contributed by atoms with E-state index in [4.69, 9.17) is 13.9 Å². The number of aliphatic hydroxyl groups excluding tert-OH is 1. The number of oxazole rings is 1. The van der Waals surface area contributed by atoms with E-state index in [9.17, 15) is 4.79 Å². The van der Waals surface area contributed by atoms with Gasteiger partial charge in [0.15, 0.2) is 12.2 Å². The summed E-state index contributed by atoms with van der Waals surface area (Å²) in [5, 5.41) is 8.36. The number of aromatic nitrogens is 1. The summed E-state index contributed by atoms with van der Waals surface area (Å²) < 4.78 is 10.4. The fourth-order valence-corrected chi connectivity index (χ4v) is 1.89. The van der Waals surface area contributed by atoms with Crippen molar-refractivity contribution in [2.24, 2.45) is 0 Å². The maximum atomic E-state index is 10.0. The van der Waals surface area contributed by atoms with Gasteiger partial charge in [0, 0.05) is 43.9 Å². The predicted octanol–water partition coefficient (Wildman–Crippen LogP) is 4.44. The zero-order chi connectivity index (χ0) is 16.7. The average molecular weight is 503 g/mol. The molecule has 1 aromatic carbocycles. The van der Waals surface area contributed by atoms with Crippen LogP contribution in [-0.4, -0.2) is 15.9 Å². The molecule has 0 saturated carbocycles. The molecule has 1 radical (unpaired) electrons. The topological polar surface area (TPSA) is 76.5 Å². The largest absolute Gasteiger partial charge is 0.535 e. The molecule has 2 heterocycles. The van der Waals surface area contributed by atoms with Crippen molar-refractivity contribution in [2.75, 3.05) is 0 Å². The van der Waals surface area contributed by atoms with E-state index in [1.165, 1.54) is 32.6 Å². The number of aliphatic hydroxyl groups is 1. The van der Waals surface area contributed by atoms with Crippen LogP contribution >= 0.6 is 0 Å². The number of rotatable bonds is 3. The van der Waals surface area contributed by atoms with E-state index >= 15 is 0 Å². The van der Waals surface area contributed by atoms with Crippen molar-refractivity contribution in [3.05, 3.63) is 67.2 Å². The first-order chi connectivity index (χ1) is 11.1. The van der Waals surface area contributed by atoms with Crippen LogP contribution in [0.3, 0.4) is 0 Å². The molecule has 0 fully saturated rings. The molecule has 0 aliphatic carbocycles. The van der Waals surface area contributed by atoms with Crippen LogP contribution in [0.25, 0.3) is 22.6 Å². The van der Waals surface area contributed by atoms with E-state index in [0.29, 0.717) is 0 Å². The summed E-state index contributed by atoms with van der Waals surface area (Å²) in [5.74, 6) is 0.696. The molecule has 3 rings (SSSR count). The third kappa shape index (κ3) is 5.65. The Morgan fingerprint density at radius 2 is 1.96 bits per heavy atom. The van der Waals surface area contributed by atoms with Gasteiger partial charge in [-0.05, 0) is 19.4 Å². The van der Waals surface area contributed by atoms with Crippen molar-refractivity contribution in [3.8, 4) is 22.6 Å². The SMILES string of the molecule is CC(=O)/C=C(/C)O.[Ir].[c-]1coc(-c2ccccc2)c1-c1cocn1. The molecule has 0 spiro atoms. The predicted molar refractivity (Wildman–Crippen MR) is 85.5 cm³/mol. The van der Waals surface area contributed by atoms with Crippen LogP contribution in [0.1, 0.15) is 13.8 Å². The van der Waals surface area contributed by atoms with E-state index in [0.717, 1.165) is 22.6 Å². The maximum Gasteiger partial charge on any atom is 0.167 e. The minimum Gasteiger partial charge on any atom is -0.535 e. The molecular weight excluding hydrogens is 486 g/mol. The second-order valence-electron chi connectivity index (χ2n) is 4.72. The van der Waals surface area contributed by atoms with Gasteiger partial charge in [0.2, 0.25) is 0 Å². The molecule has 2 aromatic heterocycles. The van der Waals surface area contributed by atoms with Crippen LogP contribution in [0.5, 0.6) is 0 Å². The molecule has 0 aliphatic heterocycles. The molecule has 0 atom stereocenters. The van der Waals surface area contributed by atoms with Crippen molar-refractivity contribution in [3.63, 3.8) is 0 Å². The first kappa shape index (κ1) is 19.6. The Kier molecular flexibility index (Phi) is 7.89. The molecule has 5 nitrogen and oxygen atoms in total. The van der Waals surface area contributed by atoms with Gasteiger partial charge >= 0.3 is 0 Å². The van der Waals surface area contributed by atoms with Crippen LogP contribution < -0.4 is 0 Å². The maximum absolute atomic E-state index is 10.0. The quantitative estimate of drug-likeness (QED) is 0.326. The molecule has 0 saturated heterocycles. The van der Waals surface area contributed by atoms with Gasteiger partial charge in [-0.3, -0.25) is 9.78 Å². The number of nitrogens with zero attached hydrogens (tertiary/aromatic N) is 1. The van der Waals surface area contributed by atoms with Crippen molar-refractivity contribution in [1.82, 2.24) is 4.98 Å². The Morgan fingerprint density at radius 1 is 1.25 bits per heavy atom. The average Bonchev–Trinajstić information content (AvgIpc) is 3.18. The summed E-state index contributed by atoms with van der Waals surface area (Å²) in [6.45, 7) is 2.85. The van der Waals surface area contributed by atoms with Crippen LogP contribution in [-0.2, 0) is 24.9 Å². The Hall–Kier alpha value is -2.43. The summed E-state index contributed by atoms with van der Waals surface area (Å²) in [6.07, 6.45) is 5.67. The summed E-state index contributed by atoms with van der Waals surface area (Å²) in [5.41, 5.74) is 2.55. The molecule has 3 aromatic rings. The summed E-state index contributed by atoms with van der Waals surface area (Å²) in [7, 11) is 0. The molecule has 1 N–H and O–H groups in total. The summed E-state index contributed by atoms with van der Waals surface area (Å²) in [6, 6.07) is 12.9. The number of carbonyl (C=O) groups is 1. The number of hydrogen-bond acceptors (Lipinski definition) is 5. The Labute approximate surface area is 153 Å². The minimum absolute atomic E-state index is 0. The monoisotopic (exact) mass is 503 g/mol. The Bertz CT molecular complexity index is 772. The van der Waals surface area contributed by atoms with E-state index in [1.54, 1.807) is 6.26 Å². The van der Waals surface area contributed by atoms with Crippen LogP contribution in [0.4, 0.5) is 0 Å². The van der Waals surface area contributed by atoms with E-state index < -0.39 is 0 Å². The van der Waals surface area contributed by atoms with Gasteiger partial charge in [-0.1, -0.05) is 30.3 Å². The standard InChI is InChI=1S/C13H8NO2.C5H8O2.Ir/c1-2-4-10(5-3-1)13-11(6-7-16-13)12-8-15-9-14-12;1-4(6)3-5(2)7;/h1-5,7-9H;3,6H,1-2H3;/q-1;;/b;4-3-;. The zero-order valence-corrected chi connectivity index (χ0v) is 15.5.